The first-order chi connectivity index (χ1) is 12.1. The molecule has 0 aromatic carbocycles. The van der Waals surface area contributed by atoms with Crippen molar-refractivity contribution in [3.63, 3.8) is 0 Å². The van der Waals surface area contributed by atoms with E-state index in [1.54, 1.807) is 0 Å². The van der Waals surface area contributed by atoms with Crippen molar-refractivity contribution in [1.82, 2.24) is 0 Å². The first-order valence-corrected chi connectivity index (χ1v) is 9.41. The van der Waals surface area contributed by atoms with E-state index in [0.717, 1.165) is 56.1 Å². The third-order valence-electron chi connectivity index (χ3n) is 4.44. The number of allylic oxidation sites excluding steroid dienone is 5. The van der Waals surface area contributed by atoms with Crippen molar-refractivity contribution in [2.24, 2.45) is 0 Å². The molecule has 1 unspecified atom stereocenters. The maximum Gasteiger partial charge on any atom is 0.305 e. The summed E-state index contributed by atoms with van der Waals surface area (Å²) in [5.74, 6) is 0.0198. The highest BCUT2D eigenvalue weighted by Crippen LogP contribution is 2.27. The fraction of sp³-hybridized carbons (Fsp3) is 0.619. The largest absolute Gasteiger partial charge is 0.469 e. The molecule has 0 aromatic rings. The highest BCUT2D eigenvalue weighted by Gasteiger charge is 2.20. The zero-order valence-electron chi connectivity index (χ0n) is 15.6. The van der Waals surface area contributed by atoms with Gasteiger partial charge < -0.3 is 9.84 Å². The summed E-state index contributed by atoms with van der Waals surface area (Å²) >= 11 is 0. The van der Waals surface area contributed by atoms with E-state index in [2.05, 4.69) is 11.7 Å². The highest BCUT2D eigenvalue weighted by atomic mass is 16.5. The topological polar surface area (TPSA) is 63.6 Å². The van der Waals surface area contributed by atoms with E-state index >= 15 is 0 Å². The summed E-state index contributed by atoms with van der Waals surface area (Å²) in [6, 6.07) is 0. The van der Waals surface area contributed by atoms with Crippen molar-refractivity contribution in [3.8, 4) is 0 Å². The lowest BCUT2D eigenvalue weighted by atomic mass is 10.0. The molecule has 1 rings (SSSR count). The Morgan fingerprint density at radius 3 is 2.76 bits per heavy atom. The van der Waals surface area contributed by atoms with E-state index in [-0.39, 0.29) is 11.8 Å². The lowest BCUT2D eigenvalue weighted by molar-refractivity contribution is -0.140. The molecule has 0 saturated heterocycles. The van der Waals surface area contributed by atoms with Gasteiger partial charge in [0.2, 0.25) is 0 Å². The van der Waals surface area contributed by atoms with Crippen LogP contribution in [0.15, 0.2) is 35.5 Å². The minimum Gasteiger partial charge on any atom is -0.469 e. The van der Waals surface area contributed by atoms with Gasteiger partial charge in [0.15, 0.2) is 5.78 Å². The summed E-state index contributed by atoms with van der Waals surface area (Å²) in [7, 11) is 1.39. The van der Waals surface area contributed by atoms with Crippen LogP contribution in [0.3, 0.4) is 0 Å². The molecule has 1 N–H and O–H groups in total. The van der Waals surface area contributed by atoms with Gasteiger partial charge in [0.25, 0.3) is 0 Å². The minimum absolute atomic E-state index is 0.188. The molecule has 0 aliphatic heterocycles. The maximum absolute atomic E-state index is 12.0. The molecule has 140 valence electrons. The number of carbonyl (C=O) groups excluding carboxylic acids is 2. The van der Waals surface area contributed by atoms with Gasteiger partial charge in [-0.25, -0.2) is 0 Å². The molecule has 25 heavy (non-hydrogen) atoms. The molecule has 0 heterocycles. The maximum atomic E-state index is 12.0. The molecule has 1 aliphatic rings. The molecule has 0 saturated carbocycles. The second-order valence-electron chi connectivity index (χ2n) is 6.49. The first-order valence-electron chi connectivity index (χ1n) is 9.41. The van der Waals surface area contributed by atoms with Crippen molar-refractivity contribution in [3.05, 3.63) is 35.5 Å². The average Bonchev–Trinajstić information content (AvgIpc) is 2.96. The van der Waals surface area contributed by atoms with Crippen molar-refractivity contribution in [2.75, 3.05) is 7.11 Å². The van der Waals surface area contributed by atoms with Crippen LogP contribution in [0.5, 0.6) is 0 Å². The number of Topliss-reactive ketones (excluding diaryl/α,β-unsaturated/α-hetero) is 1. The van der Waals surface area contributed by atoms with Gasteiger partial charge >= 0.3 is 5.97 Å². The summed E-state index contributed by atoms with van der Waals surface area (Å²) in [5.41, 5.74) is 1.92. The van der Waals surface area contributed by atoms with Crippen LogP contribution >= 0.6 is 0 Å². The lowest BCUT2D eigenvalue weighted by Gasteiger charge is -2.05. The fourth-order valence-electron chi connectivity index (χ4n) is 2.87. The van der Waals surface area contributed by atoms with Crippen LogP contribution in [-0.2, 0) is 14.3 Å². The van der Waals surface area contributed by atoms with Gasteiger partial charge in [-0.15, -0.1) is 0 Å². The zero-order valence-corrected chi connectivity index (χ0v) is 15.6. The van der Waals surface area contributed by atoms with Gasteiger partial charge in [-0.3, -0.25) is 9.59 Å². The standard InChI is InChI=1S/C21H32O4/c1-3-4-7-10-18(22)15-13-17-14-16-20(23)19(17)11-8-5-6-9-12-21(24)25-2/h5,8,13,15,18,22H,3-4,6-7,9-12,14,16H2,1-2H3. The van der Waals surface area contributed by atoms with Crippen LogP contribution < -0.4 is 0 Å². The number of rotatable bonds is 12. The number of ether oxygens (including phenoxy) is 1. The summed E-state index contributed by atoms with van der Waals surface area (Å²) in [5, 5.41) is 9.98. The highest BCUT2D eigenvalue weighted by molar-refractivity contribution is 5.99. The molecule has 4 nitrogen and oxygen atoms in total. The Balaban J connectivity index is 2.46. The number of aliphatic hydroxyl groups excluding tert-OH is 1. The van der Waals surface area contributed by atoms with Crippen LogP contribution in [0.2, 0.25) is 0 Å². The first kappa shape index (κ1) is 21.4. The van der Waals surface area contributed by atoms with Gasteiger partial charge in [-0.05, 0) is 37.7 Å². The summed E-state index contributed by atoms with van der Waals surface area (Å²) in [6.45, 7) is 2.15. The molecule has 0 fully saturated rings. The van der Waals surface area contributed by atoms with Crippen LogP contribution in [0.25, 0.3) is 0 Å². The van der Waals surface area contributed by atoms with E-state index in [9.17, 15) is 14.7 Å². The molecule has 0 radical (unpaired) electrons. The number of hydrogen-bond acceptors (Lipinski definition) is 4. The van der Waals surface area contributed by atoms with Crippen molar-refractivity contribution in [1.29, 1.82) is 0 Å². The fourth-order valence-corrected chi connectivity index (χ4v) is 2.87. The molecular formula is C21H32O4. The SMILES string of the molecule is CCCCCC(O)C=CC1=C(CC=CCCCC(=O)OC)C(=O)CC1. The third kappa shape index (κ3) is 8.82. The third-order valence-corrected chi connectivity index (χ3v) is 4.44. The number of ketones is 1. The summed E-state index contributed by atoms with van der Waals surface area (Å²) in [6.07, 6.45) is 15.4. The van der Waals surface area contributed by atoms with Gasteiger partial charge in [-0.2, -0.15) is 0 Å². The number of hydrogen-bond donors (Lipinski definition) is 1. The van der Waals surface area contributed by atoms with Crippen LogP contribution in [0.1, 0.15) is 71.1 Å². The molecule has 0 amide bonds. The molecule has 1 aliphatic carbocycles. The number of methoxy groups -OCH3 is 1. The number of unbranched alkanes of at least 4 members (excludes halogenated alkanes) is 3. The Kier molecular flexibility index (Phi) is 10.8. The van der Waals surface area contributed by atoms with E-state index in [1.165, 1.54) is 7.11 Å². The molecular weight excluding hydrogens is 316 g/mol. The van der Waals surface area contributed by atoms with Crippen molar-refractivity contribution < 1.29 is 19.4 Å². The number of carbonyl (C=O) groups is 2. The molecule has 4 heteroatoms. The Morgan fingerprint density at radius 2 is 2.04 bits per heavy atom. The lowest BCUT2D eigenvalue weighted by Crippen LogP contribution is -2.01. The van der Waals surface area contributed by atoms with E-state index in [4.69, 9.17) is 0 Å². The second kappa shape index (κ2) is 12.6. The molecule has 0 spiro atoms. The quantitative estimate of drug-likeness (QED) is 0.322. The van der Waals surface area contributed by atoms with Crippen molar-refractivity contribution in [2.45, 2.75) is 77.2 Å². The van der Waals surface area contributed by atoms with Crippen molar-refractivity contribution >= 4 is 11.8 Å². The number of aliphatic hydroxyl groups is 1. The molecule has 0 aromatic heterocycles. The summed E-state index contributed by atoms with van der Waals surface area (Å²) in [4.78, 5) is 23.1. The molecule has 0 bridgehead atoms. The predicted molar refractivity (Wildman–Crippen MR) is 100 cm³/mol. The van der Waals surface area contributed by atoms with Gasteiger partial charge in [0.1, 0.15) is 0 Å². The average molecular weight is 348 g/mol. The van der Waals surface area contributed by atoms with Crippen LogP contribution in [0, 0.1) is 0 Å². The van der Waals surface area contributed by atoms with Crippen LogP contribution in [-0.4, -0.2) is 30.1 Å². The Bertz CT molecular complexity index is 514. The number of esters is 1. The Hall–Kier alpha value is -1.68. The Labute approximate surface area is 151 Å². The van der Waals surface area contributed by atoms with Gasteiger partial charge in [0, 0.05) is 18.4 Å². The monoisotopic (exact) mass is 348 g/mol. The minimum atomic E-state index is -0.426. The van der Waals surface area contributed by atoms with E-state index < -0.39 is 6.10 Å². The second-order valence-corrected chi connectivity index (χ2v) is 6.49. The van der Waals surface area contributed by atoms with Gasteiger partial charge in [-0.1, -0.05) is 50.5 Å². The van der Waals surface area contributed by atoms with E-state index in [1.807, 2.05) is 24.3 Å². The Morgan fingerprint density at radius 1 is 1.24 bits per heavy atom. The van der Waals surface area contributed by atoms with Gasteiger partial charge in [0.05, 0.1) is 13.2 Å². The summed E-state index contributed by atoms with van der Waals surface area (Å²) < 4.78 is 4.60. The van der Waals surface area contributed by atoms with Crippen LogP contribution in [0.4, 0.5) is 0 Å². The molecule has 1 atom stereocenters. The smallest absolute Gasteiger partial charge is 0.305 e. The normalized spacial score (nSPS) is 16.4. The zero-order chi connectivity index (χ0) is 18.5. The van der Waals surface area contributed by atoms with E-state index in [0.29, 0.717) is 19.3 Å². The predicted octanol–water partition coefficient (Wildman–Crippen LogP) is 4.43.